The van der Waals surface area contributed by atoms with Gasteiger partial charge in [-0.2, -0.15) is 4.52 Å². The molecule has 30 heavy (non-hydrogen) atoms. The minimum absolute atomic E-state index is 0.0103. The predicted molar refractivity (Wildman–Crippen MR) is 113 cm³/mol. The van der Waals surface area contributed by atoms with E-state index in [1.54, 1.807) is 28.8 Å². The first-order chi connectivity index (χ1) is 14.6. The molecule has 0 spiro atoms. The maximum atomic E-state index is 10.9. The zero-order valence-corrected chi connectivity index (χ0v) is 16.1. The third-order valence-electron chi connectivity index (χ3n) is 4.68. The number of benzene rings is 3. The highest BCUT2D eigenvalue weighted by Crippen LogP contribution is 2.28. The van der Waals surface area contributed by atoms with E-state index in [9.17, 15) is 10.1 Å². The molecule has 0 saturated heterocycles. The van der Waals surface area contributed by atoms with Crippen LogP contribution in [0.3, 0.4) is 0 Å². The number of halogens is 1. The van der Waals surface area contributed by atoms with Gasteiger partial charge in [-0.05, 0) is 48.5 Å². The summed E-state index contributed by atoms with van der Waals surface area (Å²) in [5, 5.41) is 25.0. The van der Waals surface area contributed by atoms with Gasteiger partial charge in [-0.1, -0.05) is 29.8 Å². The number of aromatic nitrogens is 5. The number of rotatable bonds is 4. The molecule has 5 aromatic rings. The highest BCUT2D eigenvalue weighted by molar-refractivity contribution is 6.30. The Kier molecular flexibility index (Phi) is 4.26. The average molecular weight is 417 g/mol. The van der Waals surface area contributed by atoms with Crippen LogP contribution in [0.5, 0.6) is 0 Å². The molecule has 0 saturated carbocycles. The SMILES string of the molecule is O=[N+]([O-])c1ccc(-c2nnc3n(-c4ccccc4)c(-c4ccc(Cl)cc4)nn23)cc1. The van der Waals surface area contributed by atoms with Gasteiger partial charge in [0.15, 0.2) is 11.6 Å². The molecule has 0 aliphatic rings. The van der Waals surface area contributed by atoms with Crippen molar-refractivity contribution in [1.29, 1.82) is 0 Å². The van der Waals surface area contributed by atoms with E-state index in [1.807, 2.05) is 47.0 Å². The molecule has 0 aliphatic carbocycles. The predicted octanol–water partition coefficient (Wildman–Crippen LogP) is 4.81. The summed E-state index contributed by atoms with van der Waals surface area (Å²) in [5.41, 5.74) is 2.43. The maximum absolute atomic E-state index is 10.9. The van der Waals surface area contributed by atoms with Crippen LogP contribution in [0, 0.1) is 10.1 Å². The minimum atomic E-state index is -0.439. The molecule has 2 heterocycles. The second kappa shape index (κ2) is 7.09. The van der Waals surface area contributed by atoms with Crippen molar-refractivity contribution in [2.24, 2.45) is 0 Å². The van der Waals surface area contributed by atoms with Gasteiger partial charge in [0.2, 0.25) is 0 Å². The molecule has 3 aromatic carbocycles. The van der Waals surface area contributed by atoms with Crippen molar-refractivity contribution >= 4 is 23.1 Å². The van der Waals surface area contributed by atoms with Crippen molar-refractivity contribution in [1.82, 2.24) is 24.4 Å². The van der Waals surface area contributed by atoms with Crippen LogP contribution in [0.1, 0.15) is 0 Å². The molecule has 5 rings (SSSR count). The van der Waals surface area contributed by atoms with Crippen LogP contribution in [-0.2, 0) is 0 Å². The number of hydrogen-bond acceptors (Lipinski definition) is 5. The molecule has 0 unspecified atom stereocenters. The van der Waals surface area contributed by atoms with Crippen LogP contribution in [-0.4, -0.2) is 29.3 Å². The second-order valence-electron chi connectivity index (χ2n) is 6.54. The summed E-state index contributed by atoms with van der Waals surface area (Å²) in [6, 6.07) is 23.3. The first-order valence-electron chi connectivity index (χ1n) is 9.02. The van der Waals surface area contributed by atoms with E-state index in [0.717, 1.165) is 11.3 Å². The third-order valence-corrected chi connectivity index (χ3v) is 4.94. The van der Waals surface area contributed by atoms with Crippen LogP contribution in [0.15, 0.2) is 78.9 Å². The number of nitrogens with zero attached hydrogens (tertiary/aromatic N) is 6. The van der Waals surface area contributed by atoms with E-state index in [2.05, 4.69) is 10.2 Å². The van der Waals surface area contributed by atoms with Gasteiger partial charge in [-0.15, -0.1) is 15.3 Å². The van der Waals surface area contributed by atoms with Gasteiger partial charge < -0.3 is 0 Å². The molecule has 0 fully saturated rings. The summed E-state index contributed by atoms with van der Waals surface area (Å²) < 4.78 is 3.54. The van der Waals surface area contributed by atoms with E-state index in [0.29, 0.717) is 28.0 Å². The maximum Gasteiger partial charge on any atom is 0.269 e. The molecule has 146 valence electrons. The van der Waals surface area contributed by atoms with Crippen molar-refractivity contribution in [3.8, 4) is 28.5 Å². The standard InChI is InChI=1S/C21H13ClN6O2/c22-16-10-6-15(7-11-16)20-25-27-19(14-8-12-18(13-9-14)28(29)30)23-24-21(27)26(20)17-4-2-1-3-5-17/h1-13H. The number of nitro benzene ring substituents is 1. The number of fused-ring (bicyclic) bond motifs is 1. The van der Waals surface area contributed by atoms with E-state index >= 15 is 0 Å². The Labute approximate surface area is 175 Å². The zero-order chi connectivity index (χ0) is 20.7. The van der Waals surface area contributed by atoms with Crippen LogP contribution in [0.25, 0.3) is 34.2 Å². The summed E-state index contributed by atoms with van der Waals surface area (Å²) in [6.45, 7) is 0. The fourth-order valence-corrected chi connectivity index (χ4v) is 3.38. The molecule has 0 radical (unpaired) electrons. The van der Waals surface area contributed by atoms with Gasteiger partial charge in [-0.25, -0.2) is 0 Å². The van der Waals surface area contributed by atoms with Gasteiger partial charge in [0.05, 0.1) is 10.6 Å². The number of para-hydroxylation sites is 1. The zero-order valence-electron chi connectivity index (χ0n) is 15.4. The van der Waals surface area contributed by atoms with Crippen LogP contribution in [0.4, 0.5) is 5.69 Å². The first-order valence-corrected chi connectivity index (χ1v) is 9.40. The summed E-state index contributed by atoms with van der Waals surface area (Å²) >= 11 is 6.05. The van der Waals surface area contributed by atoms with Crippen LogP contribution in [0.2, 0.25) is 5.02 Å². The Morgan fingerprint density at radius 1 is 0.800 bits per heavy atom. The lowest BCUT2D eigenvalue weighted by molar-refractivity contribution is -0.384. The minimum Gasteiger partial charge on any atom is -0.259 e. The fourth-order valence-electron chi connectivity index (χ4n) is 3.25. The molecule has 8 nitrogen and oxygen atoms in total. The lowest BCUT2D eigenvalue weighted by atomic mass is 10.2. The highest BCUT2D eigenvalue weighted by atomic mass is 35.5. The first kappa shape index (κ1) is 18.0. The summed E-state index contributed by atoms with van der Waals surface area (Å²) in [7, 11) is 0. The molecule has 0 N–H and O–H groups in total. The topological polar surface area (TPSA) is 91.1 Å². The lowest BCUT2D eigenvalue weighted by Crippen LogP contribution is -1.98. The largest absolute Gasteiger partial charge is 0.269 e. The van der Waals surface area contributed by atoms with Crippen molar-refractivity contribution < 1.29 is 4.92 Å². The van der Waals surface area contributed by atoms with E-state index in [1.165, 1.54) is 12.1 Å². The molecular formula is C21H13ClN6O2. The van der Waals surface area contributed by atoms with E-state index < -0.39 is 4.92 Å². The molecule has 0 atom stereocenters. The molecular weight excluding hydrogens is 404 g/mol. The van der Waals surface area contributed by atoms with Gasteiger partial charge in [-0.3, -0.25) is 14.7 Å². The molecule has 2 aromatic heterocycles. The Hall–Kier alpha value is -4.04. The summed E-state index contributed by atoms with van der Waals surface area (Å²) in [6.07, 6.45) is 0. The Morgan fingerprint density at radius 2 is 1.43 bits per heavy atom. The Balaban J connectivity index is 1.73. The Morgan fingerprint density at radius 3 is 2.10 bits per heavy atom. The number of hydrogen-bond donors (Lipinski definition) is 0. The van der Waals surface area contributed by atoms with Gasteiger partial charge >= 0.3 is 0 Å². The monoisotopic (exact) mass is 416 g/mol. The lowest BCUT2D eigenvalue weighted by Gasteiger charge is -2.06. The smallest absolute Gasteiger partial charge is 0.259 e. The third kappa shape index (κ3) is 2.99. The quantitative estimate of drug-likeness (QED) is 0.309. The average Bonchev–Trinajstić information content (AvgIpc) is 3.34. The van der Waals surface area contributed by atoms with Gasteiger partial charge in [0.25, 0.3) is 11.5 Å². The van der Waals surface area contributed by atoms with E-state index in [-0.39, 0.29) is 5.69 Å². The number of nitro groups is 1. The van der Waals surface area contributed by atoms with Crippen molar-refractivity contribution in [2.75, 3.05) is 0 Å². The molecule has 0 aliphatic heterocycles. The Bertz CT molecular complexity index is 1360. The molecule has 0 bridgehead atoms. The van der Waals surface area contributed by atoms with Gasteiger partial charge in [0, 0.05) is 28.3 Å². The fraction of sp³-hybridized carbons (Fsp3) is 0. The normalized spacial score (nSPS) is 11.1. The second-order valence-corrected chi connectivity index (χ2v) is 6.98. The summed E-state index contributed by atoms with van der Waals surface area (Å²) in [4.78, 5) is 10.5. The molecule has 0 amide bonds. The van der Waals surface area contributed by atoms with Gasteiger partial charge in [0.1, 0.15) is 0 Å². The summed E-state index contributed by atoms with van der Waals surface area (Å²) in [5.74, 6) is 1.69. The van der Waals surface area contributed by atoms with Crippen LogP contribution >= 0.6 is 11.6 Å². The van der Waals surface area contributed by atoms with E-state index in [4.69, 9.17) is 16.7 Å². The van der Waals surface area contributed by atoms with Crippen molar-refractivity contribution in [3.05, 3.63) is 94.0 Å². The highest BCUT2D eigenvalue weighted by Gasteiger charge is 2.20. The molecule has 9 heteroatoms. The van der Waals surface area contributed by atoms with Crippen molar-refractivity contribution in [3.63, 3.8) is 0 Å². The number of non-ortho nitro benzene ring substituents is 1. The van der Waals surface area contributed by atoms with Crippen molar-refractivity contribution in [2.45, 2.75) is 0 Å². The van der Waals surface area contributed by atoms with Crippen LogP contribution < -0.4 is 0 Å².